The Kier molecular flexibility index (Phi) is 10.8. The smallest absolute Gasteiger partial charge is 0.242 e. The number of benzene rings is 2. The number of hydrogen-bond donors (Lipinski definition) is 1. The molecule has 0 radical (unpaired) electrons. The van der Waals surface area contributed by atoms with Crippen molar-refractivity contribution in [1.29, 1.82) is 0 Å². The third-order valence-corrected chi connectivity index (χ3v) is 6.08. The Balaban J connectivity index is 2.02. The molecular formula is C24H31ClN2O2S. The highest BCUT2D eigenvalue weighted by Gasteiger charge is 2.27. The monoisotopic (exact) mass is 446 g/mol. The lowest BCUT2D eigenvalue weighted by Crippen LogP contribution is -2.50. The summed E-state index contributed by atoms with van der Waals surface area (Å²) < 4.78 is 0. The van der Waals surface area contributed by atoms with Gasteiger partial charge >= 0.3 is 0 Å². The van der Waals surface area contributed by atoms with Gasteiger partial charge in [-0.2, -0.15) is 0 Å². The van der Waals surface area contributed by atoms with Gasteiger partial charge in [0.2, 0.25) is 11.8 Å². The molecule has 1 N–H and O–H groups in total. The van der Waals surface area contributed by atoms with E-state index in [1.807, 2.05) is 56.3 Å². The molecule has 2 aromatic rings. The molecule has 0 unspecified atom stereocenters. The quantitative estimate of drug-likeness (QED) is 0.456. The first-order chi connectivity index (χ1) is 14.5. The van der Waals surface area contributed by atoms with Crippen LogP contribution in [0.1, 0.15) is 38.7 Å². The first-order valence-corrected chi connectivity index (χ1v) is 11.9. The van der Waals surface area contributed by atoms with Crippen LogP contribution in [0.5, 0.6) is 0 Å². The number of amides is 2. The van der Waals surface area contributed by atoms with Gasteiger partial charge in [-0.1, -0.05) is 55.8 Å². The Morgan fingerprint density at radius 1 is 1.07 bits per heavy atom. The fourth-order valence-corrected chi connectivity index (χ4v) is 4.16. The standard InChI is InChI=1S/C24H31ClN2O2S/c1-3-16-26-24(29)22(4-2)27(17-14-19-8-6-5-7-9-19)23(28)15-18-30-21-12-10-20(25)11-13-21/h5-13,22H,3-4,14-18H2,1-2H3,(H,26,29)/t22-/m0/s1. The van der Waals surface area contributed by atoms with Crippen molar-refractivity contribution in [3.05, 3.63) is 65.2 Å². The van der Waals surface area contributed by atoms with Crippen LogP contribution in [0, 0.1) is 0 Å². The highest BCUT2D eigenvalue weighted by molar-refractivity contribution is 7.99. The molecular weight excluding hydrogens is 416 g/mol. The molecule has 0 bridgehead atoms. The van der Waals surface area contributed by atoms with E-state index in [1.165, 1.54) is 0 Å². The maximum absolute atomic E-state index is 13.1. The number of halogens is 1. The van der Waals surface area contributed by atoms with Crippen molar-refractivity contribution >= 4 is 35.2 Å². The lowest BCUT2D eigenvalue weighted by atomic mass is 10.1. The Bertz CT molecular complexity index is 784. The zero-order chi connectivity index (χ0) is 21.8. The molecule has 2 aromatic carbocycles. The minimum absolute atomic E-state index is 0.0193. The van der Waals surface area contributed by atoms with E-state index >= 15 is 0 Å². The molecule has 0 fully saturated rings. The van der Waals surface area contributed by atoms with E-state index in [-0.39, 0.29) is 11.8 Å². The number of rotatable bonds is 12. The van der Waals surface area contributed by atoms with Crippen LogP contribution in [0.3, 0.4) is 0 Å². The second-order valence-electron chi connectivity index (χ2n) is 7.09. The molecule has 0 saturated heterocycles. The van der Waals surface area contributed by atoms with Crippen LogP contribution < -0.4 is 5.32 Å². The van der Waals surface area contributed by atoms with Crippen molar-refractivity contribution in [3.8, 4) is 0 Å². The lowest BCUT2D eigenvalue weighted by molar-refractivity contribution is -0.140. The number of nitrogens with one attached hydrogen (secondary N) is 1. The molecule has 0 aliphatic rings. The van der Waals surface area contributed by atoms with Crippen molar-refractivity contribution in [2.75, 3.05) is 18.8 Å². The summed E-state index contributed by atoms with van der Waals surface area (Å²) in [6, 6.07) is 17.3. The second-order valence-corrected chi connectivity index (χ2v) is 8.69. The summed E-state index contributed by atoms with van der Waals surface area (Å²) in [5.41, 5.74) is 1.16. The number of carbonyl (C=O) groups is 2. The van der Waals surface area contributed by atoms with Crippen molar-refractivity contribution in [3.63, 3.8) is 0 Å². The average Bonchev–Trinajstić information content (AvgIpc) is 2.77. The third kappa shape index (κ3) is 8.04. The van der Waals surface area contributed by atoms with Gasteiger partial charge in [0.25, 0.3) is 0 Å². The predicted octanol–water partition coefficient (Wildman–Crippen LogP) is 5.20. The van der Waals surface area contributed by atoms with E-state index in [1.54, 1.807) is 16.7 Å². The summed E-state index contributed by atoms with van der Waals surface area (Å²) in [5.74, 6) is 0.618. The van der Waals surface area contributed by atoms with Gasteiger partial charge in [0.15, 0.2) is 0 Å². The van der Waals surface area contributed by atoms with E-state index in [4.69, 9.17) is 11.6 Å². The summed E-state index contributed by atoms with van der Waals surface area (Å²) in [4.78, 5) is 28.6. The summed E-state index contributed by atoms with van der Waals surface area (Å²) >= 11 is 7.56. The van der Waals surface area contributed by atoms with Crippen LogP contribution in [-0.4, -0.2) is 41.6 Å². The second kappa shape index (κ2) is 13.3. The van der Waals surface area contributed by atoms with Crippen LogP contribution in [0.15, 0.2) is 59.5 Å². The number of thioether (sulfide) groups is 1. The van der Waals surface area contributed by atoms with Gasteiger partial charge in [-0.05, 0) is 49.1 Å². The minimum Gasteiger partial charge on any atom is -0.354 e. The summed E-state index contributed by atoms with van der Waals surface area (Å²) in [6.45, 7) is 5.14. The Labute approximate surface area is 189 Å². The Morgan fingerprint density at radius 2 is 1.77 bits per heavy atom. The largest absolute Gasteiger partial charge is 0.354 e. The molecule has 0 saturated carbocycles. The van der Waals surface area contributed by atoms with E-state index < -0.39 is 6.04 Å². The maximum Gasteiger partial charge on any atom is 0.242 e. The Morgan fingerprint density at radius 3 is 2.40 bits per heavy atom. The summed E-state index contributed by atoms with van der Waals surface area (Å²) in [7, 11) is 0. The number of hydrogen-bond acceptors (Lipinski definition) is 3. The first-order valence-electron chi connectivity index (χ1n) is 10.5. The molecule has 4 nitrogen and oxygen atoms in total. The van der Waals surface area contributed by atoms with E-state index in [2.05, 4.69) is 17.4 Å². The Hall–Kier alpha value is -1.98. The van der Waals surface area contributed by atoms with Crippen LogP contribution >= 0.6 is 23.4 Å². The van der Waals surface area contributed by atoms with Gasteiger partial charge < -0.3 is 10.2 Å². The zero-order valence-electron chi connectivity index (χ0n) is 17.8. The van der Waals surface area contributed by atoms with Crippen molar-refractivity contribution in [2.45, 2.75) is 50.5 Å². The van der Waals surface area contributed by atoms with Gasteiger partial charge in [0, 0.05) is 35.2 Å². The fraction of sp³-hybridized carbons (Fsp3) is 0.417. The topological polar surface area (TPSA) is 49.4 Å². The predicted molar refractivity (Wildman–Crippen MR) is 126 cm³/mol. The van der Waals surface area contributed by atoms with Crippen LogP contribution in [0.4, 0.5) is 0 Å². The first kappa shape index (κ1) is 24.3. The third-order valence-electron chi connectivity index (χ3n) is 4.82. The zero-order valence-corrected chi connectivity index (χ0v) is 19.3. The highest BCUT2D eigenvalue weighted by atomic mass is 35.5. The maximum atomic E-state index is 13.1. The summed E-state index contributed by atoms with van der Waals surface area (Å²) in [6.07, 6.45) is 2.59. The van der Waals surface area contributed by atoms with Crippen molar-refractivity contribution < 1.29 is 9.59 Å². The molecule has 2 amide bonds. The highest BCUT2D eigenvalue weighted by Crippen LogP contribution is 2.22. The molecule has 0 aliphatic heterocycles. The SMILES string of the molecule is CCCNC(=O)[C@H](CC)N(CCc1ccccc1)C(=O)CCSc1ccc(Cl)cc1. The van der Waals surface area contributed by atoms with E-state index in [9.17, 15) is 9.59 Å². The van der Waals surface area contributed by atoms with Gasteiger partial charge in [-0.3, -0.25) is 9.59 Å². The fourth-order valence-electron chi connectivity index (χ4n) is 3.19. The molecule has 1 atom stereocenters. The van der Waals surface area contributed by atoms with Crippen LogP contribution in [0.2, 0.25) is 5.02 Å². The molecule has 162 valence electrons. The molecule has 0 aliphatic carbocycles. The molecule has 6 heteroatoms. The average molecular weight is 447 g/mol. The summed E-state index contributed by atoms with van der Waals surface area (Å²) in [5, 5.41) is 3.65. The normalized spacial score (nSPS) is 11.7. The van der Waals surface area contributed by atoms with Gasteiger partial charge in [0.05, 0.1) is 0 Å². The molecule has 0 spiro atoms. The van der Waals surface area contributed by atoms with Gasteiger partial charge in [0.1, 0.15) is 6.04 Å². The van der Waals surface area contributed by atoms with Crippen molar-refractivity contribution in [1.82, 2.24) is 10.2 Å². The molecule has 2 rings (SSSR count). The van der Waals surface area contributed by atoms with Crippen LogP contribution in [-0.2, 0) is 16.0 Å². The molecule has 0 heterocycles. The van der Waals surface area contributed by atoms with E-state index in [0.29, 0.717) is 36.7 Å². The van der Waals surface area contributed by atoms with Crippen LogP contribution in [0.25, 0.3) is 0 Å². The van der Waals surface area contributed by atoms with Gasteiger partial charge in [-0.15, -0.1) is 11.8 Å². The van der Waals surface area contributed by atoms with Gasteiger partial charge in [-0.25, -0.2) is 0 Å². The molecule has 0 aromatic heterocycles. The number of carbonyl (C=O) groups excluding carboxylic acids is 2. The number of nitrogens with zero attached hydrogens (tertiary/aromatic N) is 1. The lowest BCUT2D eigenvalue weighted by Gasteiger charge is -2.30. The van der Waals surface area contributed by atoms with Crippen molar-refractivity contribution in [2.24, 2.45) is 0 Å². The minimum atomic E-state index is -0.437. The molecule has 30 heavy (non-hydrogen) atoms. The van der Waals surface area contributed by atoms with E-state index in [0.717, 1.165) is 23.3 Å².